The summed E-state index contributed by atoms with van der Waals surface area (Å²) in [7, 11) is -3.83. The van der Waals surface area contributed by atoms with Crippen molar-refractivity contribution in [2.45, 2.75) is 0 Å². The van der Waals surface area contributed by atoms with E-state index in [0.29, 0.717) is 6.26 Å². The maximum Gasteiger partial charge on any atom is 1.00 e. The summed E-state index contributed by atoms with van der Waals surface area (Å²) >= 11 is 0. The normalized spacial score (nSPS) is 10.0. The average molecular weight is 122 g/mol. The molecule has 40 valence electrons. The summed E-state index contributed by atoms with van der Waals surface area (Å²) in [5, 5.41) is 0. The van der Waals surface area contributed by atoms with Gasteiger partial charge in [0.1, 0.15) is 0 Å². The fourth-order valence-corrected chi connectivity index (χ4v) is 0. The second kappa shape index (κ2) is 3.44. The van der Waals surface area contributed by atoms with Gasteiger partial charge in [-0.3, -0.25) is 0 Å². The summed E-state index contributed by atoms with van der Waals surface area (Å²) in [6, 6.07) is 0. The summed E-state index contributed by atoms with van der Waals surface area (Å²) in [5.41, 5.74) is 0. The van der Waals surface area contributed by atoms with Gasteiger partial charge < -0.3 is 1.43 Å². The van der Waals surface area contributed by atoms with Gasteiger partial charge in [0.05, 0.1) is 6.26 Å². The van der Waals surface area contributed by atoms with Crippen LogP contribution in [0.25, 0.3) is 0 Å². The van der Waals surface area contributed by atoms with Crippen molar-refractivity contribution in [2.75, 3.05) is 6.26 Å². The van der Waals surface area contributed by atoms with Crippen molar-refractivity contribution in [2.24, 2.45) is 0 Å². The molecule has 0 rings (SSSR count). The minimum absolute atomic E-state index is 0. The van der Waals surface area contributed by atoms with Crippen molar-refractivity contribution >= 4 is 10.1 Å². The summed E-state index contributed by atoms with van der Waals surface area (Å²) in [4.78, 5) is 0. The molecule has 0 N–H and O–H groups in total. The quantitative estimate of drug-likeness (QED) is 0.347. The molecule has 0 spiro atoms. The number of hydrogen-bond donors (Lipinski definition) is 0. The Labute approximate surface area is 54.5 Å². The van der Waals surface area contributed by atoms with Gasteiger partial charge in [0.15, 0.2) is 0 Å². The molecule has 0 aliphatic heterocycles. The molecule has 0 aromatic rings. The second-order valence-corrected chi connectivity index (χ2v) is 2.30. The monoisotopic (exact) mass is 122 g/mol. The maximum absolute atomic E-state index is 10.4. The summed E-state index contributed by atoms with van der Waals surface area (Å²) in [5.74, 6) is 0. The zero-order chi connectivity index (χ0) is 5.21. The van der Waals surface area contributed by atoms with Crippen LogP contribution < -0.4 is 18.9 Å². The molecule has 3 nitrogen and oxygen atoms in total. The van der Waals surface area contributed by atoms with E-state index < -0.39 is 10.1 Å². The van der Waals surface area contributed by atoms with Gasteiger partial charge in [-0.05, 0) is 4.53 Å². The largest absolute Gasteiger partial charge is 1.00 e. The van der Waals surface area contributed by atoms with Crippen molar-refractivity contribution in [3.8, 4) is 0 Å². The van der Waals surface area contributed by atoms with Gasteiger partial charge in [-0.2, -0.15) is 8.42 Å². The van der Waals surface area contributed by atoms with E-state index in [1.807, 2.05) is 0 Å². The third-order valence-corrected chi connectivity index (χ3v) is 0.343. The van der Waals surface area contributed by atoms with Crippen LogP contribution in [0.1, 0.15) is 1.43 Å². The van der Waals surface area contributed by atoms with Gasteiger partial charge in [0.25, 0.3) is 10.1 Å². The molecule has 0 saturated heterocycles. The van der Waals surface area contributed by atoms with Gasteiger partial charge >= 0.3 is 18.9 Å². The fourth-order valence-electron chi connectivity index (χ4n) is 0. The van der Waals surface area contributed by atoms with Crippen LogP contribution in [-0.4, -0.2) is 14.7 Å². The van der Waals surface area contributed by atoms with Crippen molar-refractivity contribution in [3.63, 3.8) is 0 Å². The smallest absolute Gasteiger partial charge is 1.00 e. The fraction of sp³-hybridized carbons (Fsp3) is 1.00. The molecule has 0 unspecified atom stereocenters. The second-order valence-electron chi connectivity index (χ2n) is 0.767. The standard InChI is InChI=1S/CH3FO3S.Li.H/c1-6(3,4)5-2;;/h1H3;;/q;+1;-1. The molecule has 0 aliphatic rings. The SMILES string of the molecule is CS(=O)(=O)OF.[H-].[Li+]. The van der Waals surface area contributed by atoms with E-state index in [1.54, 1.807) is 0 Å². The van der Waals surface area contributed by atoms with Crippen LogP contribution in [0.3, 0.4) is 0 Å². The molecule has 0 fully saturated rings. The predicted molar refractivity (Wildman–Crippen MR) is 18.1 cm³/mol. The van der Waals surface area contributed by atoms with Gasteiger partial charge in [0, 0.05) is 0 Å². The van der Waals surface area contributed by atoms with Crippen molar-refractivity contribution in [1.82, 2.24) is 0 Å². The van der Waals surface area contributed by atoms with E-state index in [0.717, 1.165) is 0 Å². The first-order valence-electron chi connectivity index (χ1n) is 1.06. The Morgan fingerprint density at radius 2 is 1.86 bits per heavy atom. The molecule has 6 heteroatoms. The molecular weight excluding hydrogens is 118 g/mol. The minimum atomic E-state index is -3.83. The van der Waals surface area contributed by atoms with Crippen molar-refractivity contribution < 1.29 is 37.6 Å². The molecule has 7 heavy (non-hydrogen) atoms. The van der Waals surface area contributed by atoms with Crippen LogP contribution in [-0.2, 0) is 14.5 Å². The number of hydrogen-bond acceptors (Lipinski definition) is 3. The number of rotatable bonds is 1. The minimum Gasteiger partial charge on any atom is -1.00 e. The third-order valence-electron chi connectivity index (χ3n) is 0.114. The Morgan fingerprint density at radius 3 is 1.86 bits per heavy atom. The zero-order valence-corrected chi connectivity index (χ0v) is 4.83. The van der Waals surface area contributed by atoms with Crippen LogP contribution in [0.4, 0.5) is 4.53 Å². The Kier molecular flexibility index (Phi) is 5.12. The zero-order valence-electron chi connectivity index (χ0n) is 5.01. The first-order chi connectivity index (χ1) is 2.56. The molecule has 0 heterocycles. The maximum atomic E-state index is 10.4. The summed E-state index contributed by atoms with van der Waals surface area (Å²) in [6.07, 6.45) is 0.618. The number of halogens is 1. The van der Waals surface area contributed by atoms with Gasteiger partial charge in [-0.15, -0.1) is 0 Å². The Hall–Kier alpha value is 0.437. The van der Waals surface area contributed by atoms with E-state index in [-0.39, 0.29) is 20.3 Å². The first-order valence-corrected chi connectivity index (χ1v) is 2.88. The molecule has 0 amide bonds. The Balaban J connectivity index is -0.000000125. The van der Waals surface area contributed by atoms with E-state index in [4.69, 9.17) is 0 Å². The molecule has 0 aromatic heterocycles. The van der Waals surface area contributed by atoms with Crippen molar-refractivity contribution in [1.29, 1.82) is 0 Å². The van der Waals surface area contributed by atoms with Crippen molar-refractivity contribution in [3.05, 3.63) is 0 Å². The Bertz CT molecular complexity index is 121. The topological polar surface area (TPSA) is 43.4 Å². The van der Waals surface area contributed by atoms with Crippen LogP contribution in [0.5, 0.6) is 0 Å². The van der Waals surface area contributed by atoms with Crippen LogP contribution >= 0.6 is 0 Å². The van der Waals surface area contributed by atoms with E-state index in [9.17, 15) is 12.9 Å². The molecule has 0 aromatic carbocycles. The van der Waals surface area contributed by atoms with Crippen LogP contribution in [0.15, 0.2) is 0 Å². The van der Waals surface area contributed by atoms with E-state index >= 15 is 0 Å². The first kappa shape index (κ1) is 10.4. The van der Waals surface area contributed by atoms with Gasteiger partial charge in [0.2, 0.25) is 0 Å². The van der Waals surface area contributed by atoms with Gasteiger partial charge in [-0.1, -0.05) is 4.39 Å². The summed E-state index contributed by atoms with van der Waals surface area (Å²) in [6.45, 7) is 0. The van der Waals surface area contributed by atoms with E-state index in [2.05, 4.69) is 4.39 Å². The average Bonchev–Trinajstić information content (AvgIpc) is 1.35. The van der Waals surface area contributed by atoms with Gasteiger partial charge in [-0.25, -0.2) is 0 Å². The predicted octanol–water partition coefficient (Wildman–Crippen LogP) is -3.04. The molecule has 0 saturated carbocycles. The molecular formula is CH4FLiO3S. The molecule has 0 bridgehead atoms. The molecule has 0 radical (unpaired) electrons. The van der Waals surface area contributed by atoms with Crippen LogP contribution in [0, 0.1) is 0 Å². The summed E-state index contributed by atoms with van der Waals surface area (Å²) < 4.78 is 31.6. The third kappa shape index (κ3) is 10.7. The molecule has 0 atom stereocenters. The van der Waals surface area contributed by atoms with E-state index in [1.165, 1.54) is 0 Å². The molecule has 0 aliphatic carbocycles. The van der Waals surface area contributed by atoms with Crippen LogP contribution in [0.2, 0.25) is 0 Å². The Morgan fingerprint density at radius 1 is 1.71 bits per heavy atom.